The SMILES string of the molecule is Cc1csc(NC(=O)c2ccc(N3CCCC3)c([N+](=O)[O-])c2)n1. The highest BCUT2D eigenvalue weighted by atomic mass is 32.1. The second kappa shape index (κ2) is 6.33. The van der Waals surface area contributed by atoms with Gasteiger partial charge in [-0.05, 0) is 31.9 Å². The van der Waals surface area contributed by atoms with E-state index in [4.69, 9.17) is 0 Å². The van der Waals surface area contributed by atoms with Gasteiger partial charge >= 0.3 is 0 Å². The molecule has 1 amide bonds. The summed E-state index contributed by atoms with van der Waals surface area (Å²) in [7, 11) is 0. The van der Waals surface area contributed by atoms with Crippen molar-refractivity contribution >= 4 is 33.8 Å². The van der Waals surface area contributed by atoms with Crippen LogP contribution in [-0.2, 0) is 0 Å². The summed E-state index contributed by atoms with van der Waals surface area (Å²) in [6.45, 7) is 3.46. The summed E-state index contributed by atoms with van der Waals surface area (Å²) in [4.78, 5) is 29.3. The van der Waals surface area contributed by atoms with Crippen LogP contribution in [0, 0.1) is 17.0 Å². The summed E-state index contributed by atoms with van der Waals surface area (Å²) < 4.78 is 0. The molecule has 3 rings (SSSR count). The van der Waals surface area contributed by atoms with Gasteiger partial charge in [-0.1, -0.05) is 0 Å². The number of carbonyl (C=O) groups excluding carboxylic acids is 1. The van der Waals surface area contributed by atoms with E-state index in [9.17, 15) is 14.9 Å². The average molecular weight is 332 g/mol. The highest BCUT2D eigenvalue weighted by Gasteiger charge is 2.24. The molecule has 8 heteroatoms. The van der Waals surface area contributed by atoms with Crippen molar-refractivity contribution in [1.82, 2.24) is 4.98 Å². The molecule has 2 aromatic rings. The Morgan fingerprint density at radius 2 is 2.13 bits per heavy atom. The molecule has 1 fully saturated rings. The summed E-state index contributed by atoms with van der Waals surface area (Å²) in [5, 5.41) is 16.3. The first-order valence-corrected chi connectivity index (χ1v) is 8.19. The Labute approximate surface area is 137 Å². The molecule has 1 aliphatic heterocycles. The molecule has 0 radical (unpaired) electrons. The fourth-order valence-corrected chi connectivity index (χ4v) is 3.30. The Bertz CT molecular complexity index is 753. The maximum atomic E-state index is 12.3. The Morgan fingerprint density at radius 3 is 2.74 bits per heavy atom. The number of nitro benzene ring substituents is 1. The van der Waals surface area contributed by atoms with Gasteiger partial charge in [-0.3, -0.25) is 20.2 Å². The molecule has 2 heterocycles. The summed E-state index contributed by atoms with van der Waals surface area (Å²) in [5.41, 5.74) is 1.62. The minimum absolute atomic E-state index is 0.0325. The highest BCUT2D eigenvalue weighted by molar-refractivity contribution is 7.13. The lowest BCUT2D eigenvalue weighted by atomic mass is 10.1. The number of benzene rings is 1. The van der Waals surface area contributed by atoms with E-state index in [1.807, 2.05) is 17.2 Å². The average Bonchev–Trinajstić information content (AvgIpc) is 3.18. The van der Waals surface area contributed by atoms with Gasteiger partial charge in [0.2, 0.25) is 0 Å². The van der Waals surface area contributed by atoms with Crippen LogP contribution in [0.2, 0.25) is 0 Å². The standard InChI is InChI=1S/C15H16N4O3S/c1-10-9-23-15(16-10)17-14(20)11-4-5-12(13(8-11)19(21)22)18-6-2-3-7-18/h4-5,8-9H,2-3,6-7H2,1H3,(H,16,17,20). The zero-order chi connectivity index (χ0) is 16.4. The fraction of sp³-hybridized carbons (Fsp3) is 0.333. The van der Waals surface area contributed by atoms with E-state index in [1.165, 1.54) is 17.4 Å². The first-order valence-electron chi connectivity index (χ1n) is 7.31. The number of hydrogen-bond donors (Lipinski definition) is 1. The van der Waals surface area contributed by atoms with Gasteiger partial charge in [0.05, 0.1) is 10.6 Å². The summed E-state index contributed by atoms with van der Waals surface area (Å²) in [6, 6.07) is 4.62. The summed E-state index contributed by atoms with van der Waals surface area (Å²) in [6.07, 6.45) is 2.06. The molecule has 0 spiro atoms. The van der Waals surface area contributed by atoms with Crippen molar-refractivity contribution in [1.29, 1.82) is 0 Å². The molecular formula is C15H16N4O3S. The van der Waals surface area contributed by atoms with Gasteiger partial charge in [0, 0.05) is 30.1 Å². The normalized spacial score (nSPS) is 14.0. The lowest BCUT2D eigenvalue weighted by molar-refractivity contribution is -0.384. The zero-order valence-electron chi connectivity index (χ0n) is 12.6. The summed E-state index contributed by atoms with van der Waals surface area (Å²) >= 11 is 1.32. The number of amides is 1. The highest BCUT2D eigenvalue weighted by Crippen LogP contribution is 2.32. The maximum Gasteiger partial charge on any atom is 0.293 e. The van der Waals surface area contributed by atoms with Gasteiger partial charge in [0.15, 0.2) is 5.13 Å². The number of hydrogen-bond acceptors (Lipinski definition) is 6. The van der Waals surface area contributed by atoms with E-state index in [-0.39, 0.29) is 11.3 Å². The van der Waals surface area contributed by atoms with Crippen molar-refractivity contribution in [3.05, 3.63) is 45.0 Å². The van der Waals surface area contributed by atoms with Crippen LogP contribution in [0.15, 0.2) is 23.6 Å². The van der Waals surface area contributed by atoms with Crippen LogP contribution in [-0.4, -0.2) is 28.9 Å². The molecule has 0 atom stereocenters. The molecule has 7 nitrogen and oxygen atoms in total. The fourth-order valence-electron chi connectivity index (χ4n) is 2.62. The number of nitrogens with one attached hydrogen (secondary N) is 1. The van der Waals surface area contributed by atoms with Crippen LogP contribution in [0.4, 0.5) is 16.5 Å². The van der Waals surface area contributed by atoms with Crippen LogP contribution in [0.25, 0.3) is 0 Å². The maximum absolute atomic E-state index is 12.3. The van der Waals surface area contributed by atoms with Gasteiger partial charge in [-0.15, -0.1) is 11.3 Å². The quantitative estimate of drug-likeness (QED) is 0.686. The van der Waals surface area contributed by atoms with Crippen molar-refractivity contribution in [3.8, 4) is 0 Å². The number of carbonyl (C=O) groups is 1. The van der Waals surface area contributed by atoms with E-state index >= 15 is 0 Å². The number of rotatable bonds is 4. The van der Waals surface area contributed by atoms with E-state index < -0.39 is 10.8 Å². The molecule has 0 unspecified atom stereocenters. The van der Waals surface area contributed by atoms with Crippen molar-refractivity contribution in [2.75, 3.05) is 23.3 Å². The second-order valence-electron chi connectivity index (χ2n) is 5.40. The van der Waals surface area contributed by atoms with Crippen LogP contribution >= 0.6 is 11.3 Å². The van der Waals surface area contributed by atoms with Crippen LogP contribution in [0.1, 0.15) is 28.9 Å². The minimum Gasteiger partial charge on any atom is -0.366 e. The molecule has 0 bridgehead atoms. The first kappa shape index (κ1) is 15.4. The van der Waals surface area contributed by atoms with Crippen LogP contribution < -0.4 is 10.2 Å². The third kappa shape index (κ3) is 3.31. The molecular weight excluding hydrogens is 316 g/mol. The van der Waals surface area contributed by atoms with Crippen molar-refractivity contribution < 1.29 is 9.72 Å². The number of aromatic nitrogens is 1. The lowest BCUT2D eigenvalue weighted by Gasteiger charge is -2.17. The summed E-state index contributed by atoms with van der Waals surface area (Å²) in [5.74, 6) is -0.393. The van der Waals surface area contributed by atoms with Gasteiger partial charge in [0.1, 0.15) is 5.69 Å². The van der Waals surface area contributed by atoms with Crippen molar-refractivity contribution in [2.45, 2.75) is 19.8 Å². The molecule has 1 N–H and O–H groups in total. The molecule has 1 saturated heterocycles. The van der Waals surface area contributed by atoms with E-state index in [0.29, 0.717) is 10.8 Å². The van der Waals surface area contributed by atoms with Gasteiger partial charge in [0.25, 0.3) is 11.6 Å². The Kier molecular flexibility index (Phi) is 4.24. The Balaban J connectivity index is 1.86. The predicted molar refractivity (Wildman–Crippen MR) is 89.3 cm³/mol. The molecule has 1 aromatic carbocycles. The number of aryl methyl sites for hydroxylation is 1. The Hall–Kier alpha value is -2.48. The predicted octanol–water partition coefficient (Wildman–Crippen LogP) is 3.21. The van der Waals surface area contributed by atoms with Gasteiger partial charge in [-0.25, -0.2) is 4.98 Å². The number of nitrogens with zero attached hydrogens (tertiary/aromatic N) is 3. The largest absolute Gasteiger partial charge is 0.366 e. The van der Waals surface area contributed by atoms with E-state index in [1.54, 1.807) is 12.1 Å². The molecule has 0 saturated carbocycles. The molecule has 1 aromatic heterocycles. The number of thiazole rings is 1. The molecule has 23 heavy (non-hydrogen) atoms. The van der Waals surface area contributed by atoms with Crippen molar-refractivity contribution in [3.63, 3.8) is 0 Å². The second-order valence-corrected chi connectivity index (χ2v) is 6.26. The van der Waals surface area contributed by atoms with Crippen LogP contribution in [0.3, 0.4) is 0 Å². The Morgan fingerprint density at radius 1 is 1.39 bits per heavy atom. The minimum atomic E-state index is -0.433. The first-order chi connectivity index (χ1) is 11.0. The third-order valence-corrected chi connectivity index (χ3v) is 4.60. The zero-order valence-corrected chi connectivity index (χ0v) is 13.4. The molecule has 1 aliphatic rings. The van der Waals surface area contributed by atoms with Gasteiger partial charge < -0.3 is 4.90 Å². The molecule has 0 aliphatic carbocycles. The van der Waals surface area contributed by atoms with E-state index in [0.717, 1.165) is 31.6 Å². The smallest absolute Gasteiger partial charge is 0.293 e. The number of nitro groups is 1. The molecule has 120 valence electrons. The van der Waals surface area contributed by atoms with E-state index in [2.05, 4.69) is 10.3 Å². The topological polar surface area (TPSA) is 88.4 Å². The lowest BCUT2D eigenvalue weighted by Crippen LogP contribution is -2.19. The van der Waals surface area contributed by atoms with Crippen molar-refractivity contribution in [2.24, 2.45) is 0 Å². The third-order valence-electron chi connectivity index (χ3n) is 3.72. The number of anilines is 2. The monoisotopic (exact) mass is 332 g/mol. The van der Waals surface area contributed by atoms with Crippen LogP contribution in [0.5, 0.6) is 0 Å². The van der Waals surface area contributed by atoms with Gasteiger partial charge in [-0.2, -0.15) is 0 Å².